The van der Waals surface area contributed by atoms with Crippen LogP contribution in [0.3, 0.4) is 0 Å². The third-order valence-electron chi connectivity index (χ3n) is 4.07. The summed E-state index contributed by atoms with van der Waals surface area (Å²) in [6.07, 6.45) is 6.61. The van der Waals surface area contributed by atoms with Gasteiger partial charge in [-0.05, 0) is 49.3 Å². The predicted molar refractivity (Wildman–Crippen MR) is 74.3 cm³/mol. The Morgan fingerprint density at radius 3 is 2.24 bits per heavy atom. The first kappa shape index (κ1) is 12.6. The number of aryl methyl sites for hydroxylation is 1. The van der Waals surface area contributed by atoms with Crippen LogP contribution in [-0.4, -0.2) is 12.6 Å². The summed E-state index contributed by atoms with van der Waals surface area (Å²) in [6.45, 7) is 5.52. The fourth-order valence-electron chi connectivity index (χ4n) is 2.67. The molecule has 0 saturated heterocycles. The Balaban J connectivity index is 1.95. The zero-order chi connectivity index (χ0) is 12.1. The molecule has 0 spiro atoms. The van der Waals surface area contributed by atoms with Crippen LogP contribution in [0.25, 0.3) is 0 Å². The highest BCUT2D eigenvalue weighted by Crippen LogP contribution is 2.31. The molecule has 1 heteroatoms. The highest BCUT2D eigenvalue weighted by atomic mass is 14.9. The number of nitrogens with one attached hydrogen (secondary N) is 1. The Bertz CT molecular complexity index is 324. The normalized spacial score (nSPS) is 17.8. The van der Waals surface area contributed by atoms with Crippen molar-refractivity contribution in [3.8, 4) is 0 Å². The molecule has 1 N–H and O–H groups in total. The van der Waals surface area contributed by atoms with Crippen molar-refractivity contribution >= 4 is 0 Å². The number of rotatable bonds is 6. The van der Waals surface area contributed by atoms with Crippen molar-refractivity contribution in [2.45, 2.75) is 52.0 Å². The van der Waals surface area contributed by atoms with Gasteiger partial charge in [-0.3, -0.25) is 0 Å². The molecule has 1 atom stereocenters. The maximum absolute atomic E-state index is 3.66. The lowest BCUT2D eigenvalue weighted by atomic mass is 9.77. The number of likely N-dealkylation sites (N-methyl/N-ethyl adjacent to an activating group) is 1. The van der Waals surface area contributed by atoms with Gasteiger partial charge in [0.15, 0.2) is 0 Å². The third-order valence-corrected chi connectivity index (χ3v) is 4.07. The fraction of sp³-hybridized carbons (Fsp3) is 0.625. The first-order chi connectivity index (χ1) is 8.33. The van der Waals surface area contributed by atoms with Gasteiger partial charge in [-0.2, -0.15) is 0 Å². The maximum atomic E-state index is 3.66. The highest BCUT2D eigenvalue weighted by Gasteiger charge is 2.26. The van der Waals surface area contributed by atoms with Crippen molar-refractivity contribution < 1.29 is 0 Å². The van der Waals surface area contributed by atoms with E-state index in [-0.39, 0.29) is 0 Å². The van der Waals surface area contributed by atoms with Crippen LogP contribution >= 0.6 is 0 Å². The van der Waals surface area contributed by atoms with Crippen molar-refractivity contribution in [3.05, 3.63) is 35.4 Å². The van der Waals surface area contributed by atoms with Gasteiger partial charge in [0, 0.05) is 6.04 Å². The lowest BCUT2D eigenvalue weighted by Gasteiger charge is -2.34. The summed E-state index contributed by atoms with van der Waals surface area (Å²) >= 11 is 0. The van der Waals surface area contributed by atoms with Gasteiger partial charge in [0.2, 0.25) is 0 Å². The van der Waals surface area contributed by atoms with Gasteiger partial charge in [-0.15, -0.1) is 0 Å². The first-order valence-electron chi connectivity index (χ1n) is 7.14. The molecule has 0 heterocycles. The molecule has 1 nitrogen and oxygen atoms in total. The molecule has 1 unspecified atom stereocenters. The van der Waals surface area contributed by atoms with Crippen LogP contribution in [0.15, 0.2) is 24.3 Å². The van der Waals surface area contributed by atoms with E-state index in [1.807, 2.05) is 0 Å². The van der Waals surface area contributed by atoms with Crippen LogP contribution in [0.1, 0.15) is 44.2 Å². The molecule has 0 aliphatic heterocycles. The van der Waals surface area contributed by atoms with Crippen molar-refractivity contribution in [3.63, 3.8) is 0 Å². The van der Waals surface area contributed by atoms with Crippen LogP contribution in [0, 0.1) is 5.92 Å². The molecule has 94 valence electrons. The topological polar surface area (TPSA) is 12.0 Å². The van der Waals surface area contributed by atoms with Crippen LogP contribution in [0.4, 0.5) is 0 Å². The van der Waals surface area contributed by atoms with Crippen LogP contribution in [0.2, 0.25) is 0 Å². The van der Waals surface area contributed by atoms with Gasteiger partial charge in [0.25, 0.3) is 0 Å². The fourth-order valence-corrected chi connectivity index (χ4v) is 2.67. The summed E-state index contributed by atoms with van der Waals surface area (Å²) in [5, 5.41) is 3.66. The Morgan fingerprint density at radius 2 is 1.76 bits per heavy atom. The Hall–Kier alpha value is -0.820. The minimum absolute atomic E-state index is 0.696. The minimum atomic E-state index is 0.696. The van der Waals surface area contributed by atoms with Crippen molar-refractivity contribution in [2.75, 3.05) is 6.54 Å². The monoisotopic (exact) mass is 231 g/mol. The molecule has 0 amide bonds. The van der Waals surface area contributed by atoms with Crippen LogP contribution in [-0.2, 0) is 12.8 Å². The number of hydrogen-bond acceptors (Lipinski definition) is 1. The van der Waals surface area contributed by atoms with Gasteiger partial charge >= 0.3 is 0 Å². The molecule has 0 aromatic heterocycles. The summed E-state index contributed by atoms with van der Waals surface area (Å²) in [6, 6.07) is 9.86. The van der Waals surface area contributed by atoms with E-state index in [0.29, 0.717) is 6.04 Å². The van der Waals surface area contributed by atoms with E-state index in [1.54, 1.807) is 0 Å². The Morgan fingerprint density at radius 1 is 1.12 bits per heavy atom. The molecule has 1 fully saturated rings. The summed E-state index contributed by atoms with van der Waals surface area (Å²) in [5.41, 5.74) is 2.93. The zero-order valence-electron chi connectivity index (χ0n) is 11.2. The second kappa shape index (κ2) is 6.20. The van der Waals surface area contributed by atoms with E-state index in [2.05, 4.69) is 43.4 Å². The summed E-state index contributed by atoms with van der Waals surface area (Å²) in [5.74, 6) is 0.917. The van der Waals surface area contributed by atoms with Crippen molar-refractivity contribution in [2.24, 2.45) is 5.92 Å². The van der Waals surface area contributed by atoms with Crippen LogP contribution in [0.5, 0.6) is 0 Å². The largest absolute Gasteiger partial charge is 0.314 e. The second-order valence-electron chi connectivity index (χ2n) is 5.23. The average Bonchev–Trinajstić information content (AvgIpc) is 2.28. The third kappa shape index (κ3) is 3.32. The van der Waals surface area contributed by atoms with E-state index >= 15 is 0 Å². The quantitative estimate of drug-likeness (QED) is 0.789. The average molecular weight is 231 g/mol. The molecule has 1 saturated carbocycles. The Kier molecular flexibility index (Phi) is 4.61. The number of benzene rings is 1. The van der Waals surface area contributed by atoms with E-state index in [1.165, 1.54) is 36.8 Å². The van der Waals surface area contributed by atoms with E-state index in [0.717, 1.165) is 18.9 Å². The molecule has 17 heavy (non-hydrogen) atoms. The van der Waals surface area contributed by atoms with E-state index in [9.17, 15) is 0 Å². The second-order valence-corrected chi connectivity index (χ2v) is 5.23. The Labute approximate surface area is 106 Å². The molecule has 1 aliphatic rings. The van der Waals surface area contributed by atoms with Gasteiger partial charge in [-0.1, -0.05) is 44.5 Å². The van der Waals surface area contributed by atoms with E-state index < -0.39 is 0 Å². The molecule has 1 aliphatic carbocycles. The van der Waals surface area contributed by atoms with Gasteiger partial charge in [0.05, 0.1) is 0 Å². The maximum Gasteiger partial charge on any atom is 0.0136 e. The SMILES string of the molecule is CCNC(Cc1ccc(CC)cc1)C1CCC1. The molecule has 1 aromatic carbocycles. The smallest absolute Gasteiger partial charge is 0.0136 e. The summed E-state index contributed by atoms with van der Waals surface area (Å²) in [7, 11) is 0. The molecular formula is C16H25N. The molecule has 1 aromatic rings. The van der Waals surface area contributed by atoms with Gasteiger partial charge in [0.1, 0.15) is 0 Å². The summed E-state index contributed by atoms with van der Waals surface area (Å²) < 4.78 is 0. The highest BCUT2D eigenvalue weighted by molar-refractivity contribution is 5.23. The molecule has 2 rings (SSSR count). The molecular weight excluding hydrogens is 206 g/mol. The molecule has 0 radical (unpaired) electrons. The van der Waals surface area contributed by atoms with Crippen LogP contribution < -0.4 is 5.32 Å². The zero-order valence-corrected chi connectivity index (χ0v) is 11.2. The first-order valence-corrected chi connectivity index (χ1v) is 7.14. The van der Waals surface area contributed by atoms with Gasteiger partial charge in [-0.25, -0.2) is 0 Å². The standard InChI is InChI=1S/C16H25N/c1-3-13-8-10-14(11-9-13)12-16(17-4-2)15-6-5-7-15/h8-11,15-17H,3-7,12H2,1-2H3. The summed E-state index contributed by atoms with van der Waals surface area (Å²) in [4.78, 5) is 0. The predicted octanol–water partition coefficient (Wildman–Crippen LogP) is 3.57. The van der Waals surface area contributed by atoms with E-state index in [4.69, 9.17) is 0 Å². The number of hydrogen-bond donors (Lipinski definition) is 1. The minimum Gasteiger partial charge on any atom is -0.314 e. The molecule has 0 bridgehead atoms. The van der Waals surface area contributed by atoms with Crippen molar-refractivity contribution in [1.82, 2.24) is 5.32 Å². The van der Waals surface area contributed by atoms with Gasteiger partial charge < -0.3 is 5.32 Å². The lowest BCUT2D eigenvalue weighted by Crippen LogP contribution is -2.41. The van der Waals surface area contributed by atoms with Crippen molar-refractivity contribution in [1.29, 1.82) is 0 Å². The lowest BCUT2D eigenvalue weighted by molar-refractivity contribution is 0.229.